The molecule has 0 saturated carbocycles. The summed E-state index contributed by atoms with van der Waals surface area (Å²) in [6.45, 7) is 1.91. The first-order valence-corrected chi connectivity index (χ1v) is 9.02. The van der Waals surface area contributed by atoms with Crippen LogP contribution in [-0.2, 0) is 4.79 Å². The lowest BCUT2D eigenvalue weighted by molar-refractivity contribution is -0.115. The Bertz CT molecular complexity index is 794. The predicted molar refractivity (Wildman–Crippen MR) is 97.7 cm³/mol. The summed E-state index contributed by atoms with van der Waals surface area (Å²) in [5.41, 5.74) is 2.16. The quantitative estimate of drug-likeness (QED) is 0.859. The Hall–Kier alpha value is -1.98. The molecule has 6 heteroatoms. The molecule has 0 unspecified atom stereocenters. The average molecular weight is 361 g/mol. The Morgan fingerprint density at radius 2 is 2.12 bits per heavy atom. The van der Waals surface area contributed by atoms with Gasteiger partial charge in [0.2, 0.25) is 5.91 Å². The van der Waals surface area contributed by atoms with Gasteiger partial charge in [-0.15, -0.1) is 11.8 Å². The largest absolute Gasteiger partial charge is 0.346 e. The summed E-state index contributed by atoms with van der Waals surface area (Å²) in [4.78, 5) is 25.2. The molecular formula is C18H17ClN2O2S. The number of benzene rings is 2. The molecule has 2 aromatic carbocycles. The number of rotatable bonds is 3. The maximum atomic E-state index is 12.5. The molecule has 1 aliphatic rings. The SMILES string of the molecule is C[C@@H](NC(=O)c1ccc2c(c1)NC(=O)CCS2)c1cccc(Cl)c1. The van der Waals surface area contributed by atoms with Crippen LogP contribution in [0.3, 0.4) is 0 Å². The normalized spacial score (nSPS) is 15.0. The van der Waals surface area contributed by atoms with E-state index in [1.807, 2.05) is 31.2 Å². The smallest absolute Gasteiger partial charge is 0.251 e. The van der Waals surface area contributed by atoms with E-state index in [1.165, 1.54) is 0 Å². The highest BCUT2D eigenvalue weighted by atomic mass is 35.5. The first-order chi connectivity index (χ1) is 11.5. The van der Waals surface area contributed by atoms with E-state index in [4.69, 9.17) is 11.6 Å². The molecule has 0 aromatic heterocycles. The van der Waals surface area contributed by atoms with Gasteiger partial charge in [0.25, 0.3) is 5.91 Å². The molecule has 0 saturated heterocycles. The van der Waals surface area contributed by atoms with Crippen molar-refractivity contribution < 1.29 is 9.59 Å². The van der Waals surface area contributed by atoms with Crippen LogP contribution in [0.15, 0.2) is 47.4 Å². The number of carbonyl (C=O) groups is 2. The molecule has 0 radical (unpaired) electrons. The topological polar surface area (TPSA) is 58.2 Å². The second-order valence-corrected chi connectivity index (χ2v) is 7.18. The van der Waals surface area contributed by atoms with Crippen molar-refractivity contribution in [3.05, 3.63) is 58.6 Å². The van der Waals surface area contributed by atoms with Gasteiger partial charge in [-0.25, -0.2) is 0 Å². The molecule has 4 nitrogen and oxygen atoms in total. The summed E-state index contributed by atoms with van der Waals surface area (Å²) in [6.07, 6.45) is 0.479. The molecule has 0 bridgehead atoms. The van der Waals surface area contributed by atoms with Crippen LogP contribution in [-0.4, -0.2) is 17.6 Å². The first kappa shape index (κ1) is 16.9. The Morgan fingerprint density at radius 1 is 1.29 bits per heavy atom. The standard InChI is InChI=1S/C18H17ClN2O2S/c1-11(12-3-2-4-14(19)9-12)20-18(23)13-5-6-16-15(10-13)21-17(22)7-8-24-16/h2-6,9-11H,7-8H2,1H3,(H,20,23)(H,21,22)/t11-/m1/s1. The van der Waals surface area contributed by atoms with Crippen LogP contribution in [0.5, 0.6) is 0 Å². The van der Waals surface area contributed by atoms with E-state index in [-0.39, 0.29) is 17.9 Å². The summed E-state index contributed by atoms with van der Waals surface area (Å²) in [5.74, 6) is 0.538. The predicted octanol–water partition coefficient (Wildman–Crippen LogP) is 4.27. The molecule has 3 rings (SSSR count). The van der Waals surface area contributed by atoms with Crippen molar-refractivity contribution >= 4 is 40.9 Å². The lowest BCUT2D eigenvalue weighted by atomic mass is 10.1. The summed E-state index contributed by atoms with van der Waals surface area (Å²) >= 11 is 7.61. The van der Waals surface area contributed by atoms with Crippen LogP contribution < -0.4 is 10.6 Å². The molecule has 0 spiro atoms. The Labute approximate surface area is 150 Å². The van der Waals surface area contributed by atoms with Gasteiger partial charge in [0.1, 0.15) is 0 Å². The van der Waals surface area contributed by atoms with Gasteiger partial charge in [-0.2, -0.15) is 0 Å². The van der Waals surface area contributed by atoms with Crippen LogP contribution in [0, 0.1) is 0 Å². The van der Waals surface area contributed by atoms with Gasteiger partial charge < -0.3 is 10.6 Å². The minimum Gasteiger partial charge on any atom is -0.346 e. The second-order valence-electron chi connectivity index (χ2n) is 5.61. The lowest BCUT2D eigenvalue weighted by Crippen LogP contribution is -2.26. The third-order valence-electron chi connectivity index (χ3n) is 3.80. The molecule has 2 aromatic rings. The number of hydrogen-bond donors (Lipinski definition) is 2. The molecule has 1 heterocycles. The van der Waals surface area contributed by atoms with Crippen molar-refractivity contribution in [3.63, 3.8) is 0 Å². The van der Waals surface area contributed by atoms with Crippen molar-refractivity contribution in [2.24, 2.45) is 0 Å². The fourth-order valence-corrected chi connectivity index (χ4v) is 3.64. The second kappa shape index (κ2) is 7.28. The molecule has 0 fully saturated rings. The summed E-state index contributed by atoms with van der Waals surface area (Å²) in [5, 5.41) is 6.45. The fraction of sp³-hybridized carbons (Fsp3) is 0.222. The maximum absolute atomic E-state index is 12.5. The van der Waals surface area contributed by atoms with Crippen molar-refractivity contribution in [2.75, 3.05) is 11.1 Å². The fourth-order valence-electron chi connectivity index (χ4n) is 2.50. The monoisotopic (exact) mass is 360 g/mol. The Kier molecular flexibility index (Phi) is 5.11. The van der Waals surface area contributed by atoms with E-state index in [1.54, 1.807) is 30.0 Å². The minimum absolute atomic E-state index is 0.0221. The van der Waals surface area contributed by atoms with E-state index in [2.05, 4.69) is 10.6 Å². The van der Waals surface area contributed by atoms with Crippen LogP contribution in [0.25, 0.3) is 0 Å². The van der Waals surface area contributed by atoms with E-state index in [0.29, 0.717) is 22.7 Å². The zero-order valence-corrected chi connectivity index (χ0v) is 14.7. The number of thioether (sulfide) groups is 1. The number of hydrogen-bond acceptors (Lipinski definition) is 3. The number of halogens is 1. The number of carbonyl (C=O) groups excluding carboxylic acids is 2. The third-order valence-corrected chi connectivity index (χ3v) is 5.11. The summed E-state index contributed by atoms with van der Waals surface area (Å²) in [7, 11) is 0. The molecule has 2 amide bonds. The molecule has 1 atom stereocenters. The molecule has 1 aliphatic heterocycles. The summed E-state index contributed by atoms with van der Waals surface area (Å²) in [6, 6.07) is 12.6. The highest BCUT2D eigenvalue weighted by molar-refractivity contribution is 7.99. The number of anilines is 1. The highest BCUT2D eigenvalue weighted by Gasteiger charge is 2.17. The lowest BCUT2D eigenvalue weighted by Gasteiger charge is -2.15. The number of amides is 2. The number of fused-ring (bicyclic) bond motifs is 1. The molecule has 0 aliphatic carbocycles. The van der Waals surface area contributed by atoms with Crippen molar-refractivity contribution in [1.29, 1.82) is 0 Å². The van der Waals surface area contributed by atoms with Gasteiger partial charge in [-0.3, -0.25) is 9.59 Å². The van der Waals surface area contributed by atoms with Crippen molar-refractivity contribution in [3.8, 4) is 0 Å². The molecule has 124 valence electrons. The zero-order chi connectivity index (χ0) is 17.1. The van der Waals surface area contributed by atoms with Crippen LogP contribution >= 0.6 is 23.4 Å². The van der Waals surface area contributed by atoms with Crippen molar-refractivity contribution in [1.82, 2.24) is 5.32 Å². The third kappa shape index (κ3) is 3.91. The average Bonchev–Trinajstić information content (AvgIpc) is 2.74. The van der Waals surface area contributed by atoms with E-state index >= 15 is 0 Å². The summed E-state index contributed by atoms with van der Waals surface area (Å²) < 4.78 is 0. The highest BCUT2D eigenvalue weighted by Crippen LogP contribution is 2.31. The minimum atomic E-state index is -0.186. The van der Waals surface area contributed by atoms with Gasteiger partial charge in [0.05, 0.1) is 11.7 Å². The van der Waals surface area contributed by atoms with Crippen LogP contribution in [0.4, 0.5) is 5.69 Å². The molecule has 2 N–H and O–H groups in total. The Morgan fingerprint density at radius 3 is 2.92 bits per heavy atom. The Balaban J connectivity index is 1.77. The van der Waals surface area contributed by atoms with E-state index < -0.39 is 0 Å². The molecular weight excluding hydrogens is 344 g/mol. The number of nitrogens with one attached hydrogen (secondary N) is 2. The van der Waals surface area contributed by atoms with Gasteiger partial charge in [-0.05, 0) is 42.8 Å². The van der Waals surface area contributed by atoms with Gasteiger partial charge in [-0.1, -0.05) is 23.7 Å². The zero-order valence-electron chi connectivity index (χ0n) is 13.1. The van der Waals surface area contributed by atoms with Gasteiger partial charge in [0.15, 0.2) is 0 Å². The van der Waals surface area contributed by atoms with Crippen LogP contribution in [0.1, 0.15) is 35.3 Å². The maximum Gasteiger partial charge on any atom is 0.251 e. The van der Waals surface area contributed by atoms with E-state index in [9.17, 15) is 9.59 Å². The van der Waals surface area contributed by atoms with E-state index in [0.717, 1.165) is 16.2 Å². The van der Waals surface area contributed by atoms with Gasteiger partial charge >= 0.3 is 0 Å². The van der Waals surface area contributed by atoms with Gasteiger partial charge in [0, 0.05) is 27.7 Å². The van der Waals surface area contributed by atoms with Crippen LogP contribution in [0.2, 0.25) is 5.02 Å². The first-order valence-electron chi connectivity index (χ1n) is 7.66. The molecule has 24 heavy (non-hydrogen) atoms. The van der Waals surface area contributed by atoms with Crippen molar-refractivity contribution in [2.45, 2.75) is 24.3 Å².